The van der Waals surface area contributed by atoms with E-state index in [4.69, 9.17) is 21.1 Å². The Bertz CT molecular complexity index is 1170. The van der Waals surface area contributed by atoms with Crippen LogP contribution in [0.2, 0.25) is 5.02 Å². The molecule has 0 aliphatic carbocycles. The number of benzene rings is 1. The SMILES string of the molecule is C=CCCCCOC(=O)[C@@H]1[C@H]2C(=O)N(CCCCCO)C(C(=O)N(CC=C)c3c(C)cccc3Cl)C23CC[C@@]1(CC)O3. The van der Waals surface area contributed by atoms with Crippen molar-refractivity contribution in [3.63, 3.8) is 0 Å². The van der Waals surface area contributed by atoms with Crippen molar-refractivity contribution in [1.29, 1.82) is 0 Å². The van der Waals surface area contributed by atoms with Crippen LogP contribution in [0.15, 0.2) is 43.5 Å². The minimum atomic E-state index is -1.15. The molecule has 1 N–H and O–H groups in total. The molecule has 3 heterocycles. The number of para-hydroxylation sites is 1. The van der Waals surface area contributed by atoms with Crippen molar-refractivity contribution in [2.75, 3.05) is 31.2 Å². The van der Waals surface area contributed by atoms with E-state index in [0.717, 1.165) is 18.4 Å². The van der Waals surface area contributed by atoms with Gasteiger partial charge in [0.25, 0.3) is 5.91 Å². The van der Waals surface area contributed by atoms with Crippen LogP contribution in [0.4, 0.5) is 5.69 Å². The molecule has 3 saturated heterocycles. The summed E-state index contributed by atoms with van der Waals surface area (Å²) in [5, 5.41) is 9.74. The van der Waals surface area contributed by atoms with Gasteiger partial charge in [-0.3, -0.25) is 14.4 Å². The Morgan fingerprint density at radius 2 is 1.98 bits per heavy atom. The smallest absolute Gasteiger partial charge is 0.312 e. The fourth-order valence-corrected chi connectivity index (χ4v) is 7.68. The quantitative estimate of drug-likeness (QED) is 0.155. The highest BCUT2D eigenvalue weighted by atomic mass is 35.5. The number of anilines is 1. The molecule has 3 fully saturated rings. The van der Waals surface area contributed by atoms with Crippen LogP contribution in [-0.2, 0) is 23.9 Å². The maximum Gasteiger partial charge on any atom is 0.312 e. The molecule has 9 heteroatoms. The van der Waals surface area contributed by atoms with E-state index in [1.165, 1.54) is 0 Å². The fraction of sp³-hybridized carbons (Fsp3) is 0.606. The number of carbonyl (C=O) groups excluding carboxylic acids is 3. The summed E-state index contributed by atoms with van der Waals surface area (Å²) in [6, 6.07) is 4.53. The highest BCUT2D eigenvalue weighted by molar-refractivity contribution is 6.34. The Labute approximate surface area is 254 Å². The number of aliphatic hydroxyl groups is 1. The number of nitrogens with zero attached hydrogens (tertiary/aromatic N) is 2. The molecule has 0 radical (unpaired) electrons. The number of hydrogen-bond donors (Lipinski definition) is 1. The van der Waals surface area contributed by atoms with Crippen molar-refractivity contribution < 1.29 is 29.0 Å². The van der Waals surface area contributed by atoms with Gasteiger partial charge < -0.3 is 24.4 Å². The van der Waals surface area contributed by atoms with Gasteiger partial charge in [-0.2, -0.15) is 0 Å². The Balaban J connectivity index is 1.73. The van der Waals surface area contributed by atoms with E-state index in [0.29, 0.717) is 62.2 Å². The lowest BCUT2D eigenvalue weighted by molar-refractivity contribution is -0.161. The maximum atomic E-state index is 14.7. The monoisotopic (exact) mass is 600 g/mol. The van der Waals surface area contributed by atoms with Gasteiger partial charge in [-0.15, -0.1) is 13.2 Å². The molecule has 2 bridgehead atoms. The summed E-state index contributed by atoms with van der Waals surface area (Å²) in [4.78, 5) is 46.0. The lowest BCUT2D eigenvalue weighted by atomic mass is 9.65. The summed E-state index contributed by atoms with van der Waals surface area (Å²) in [6.07, 6.45) is 9.41. The molecule has 3 aliphatic rings. The number of aryl methyl sites for hydroxylation is 1. The number of carbonyl (C=O) groups is 3. The Morgan fingerprint density at radius 1 is 1.19 bits per heavy atom. The number of esters is 1. The summed E-state index contributed by atoms with van der Waals surface area (Å²) >= 11 is 6.64. The van der Waals surface area contributed by atoms with Gasteiger partial charge in [0.2, 0.25) is 5.91 Å². The molecule has 230 valence electrons. The topological polar surface area (TPSA) is 96.4 Å². The zero-order chi connectivity index (χ0) is 30.5. The van der Waals surface area contributed by atoms with Gasteiger partial charge in [0.15, 0.2) is 0 Å². The van der Waals surface area contributed by atoms with E-state index in [1.807, 2.05) is 32.1 Å². The molecule has 5 atom stereocenters. The van der Waals surface area contributed by atoms with Crippen LogP contribution in [0.5, 0.6) is 0 Å². The first-order chi connectivity index (χ1) is 20.2. The number of likely N-dealkylation sites (tertiary alicyclic amines) is 1. The zero-order valence-electron chi connectivity index (χ0n) is 25.0. The maximum absolute atomic E-state index is 14.7. The molecule has 1 aromatic carbocycles. The minimum absolute atomic E-state index is 0.0601. The number of allylic oxidation sites excluding steroid dienone is 1. The first-order valence-electron chi connectivity index (χ1n) is 15.3. The Kier molecular flexibility index (Phi) is 10.5. The average molecular weight is 601 g/mol. The molecular formula is C33H45ClN2O6. The molecule has 2 amide bonds. The zero-order valence-corrected chi connectivity index (χ0v) is 25.7. The Hall–Kier alpha value is -2.68. The second kappa shape index (κ2) is 13.7. The number of aliphatic hydroxyl groups excluding tert-OH is 1. The van der Waals surface area contributed by atoms with Gasteiger partial charge >= 0.3 is 5.97 Å². The third kappa shape index (κ3) is 5.65. The summed E-state index contributed by atoms with van der Waals surface area (Å²) < 4.78 is 12.6. The van der Waals surface area contributed by atoms with Gasteiger partial charge in [0, 0.05) is 19.7 Å². The average Bonchev–Trinajstić information content (AvgIpc) is 3.58. The third-order valence-corrected chi connectivity index (χ3v) is 9.61. The van der Waals surface area contributed by atoms with Gasteiger partial charge in [-0.25, -0.2) is 0 Å². The molecule has 0 saturated carbocycles. The van der Waals surface area contributed by atoms with Crippen LogP contribution < -0.4 is 4.90 Å². The highest BCUT2D eigenvalue weighted by Crippen LogP contribution is 2.64. The fourth-order valence-electron chi connectivity index (χ4n) is 7.35. The number of hydrogen-bond acceptors (Lipinski definition) is 6. The van der Waals surface area contributed by atoms with E-state index in [-0.39, 0.29) is 31.6 Å². The second-order valence-electron chi connectivity index (χ2n) is 11.7. The van der Waals surface area contributed by atoms with E-state index in [9.17, 15) is 19.5 Å². The predicted molar refractivity (Wildman–Crippen MR) is 163 cm³/mol. The number of rotatable bonds is 16. The van der Waals surface area contributed by atoms with Crippen molar-refractivity contribution in [2.24, 2.45) is 11.8 Å². The van der Waals surface area contributed by atoms with Crippen molar-refractivity contribution >= 4 is 35.1 Å². The van der Waals surface area contributed by atoms with Crippen LogP contribution in [0, 0.1) is 18.8 Å². The molecule has 1 aromatic rings. The molecule has 8 nitrogen and oxygen atoms in total. The molecule has 4 rings (SSSR count). The largest absolute Gasteiger partial charge is 0.465 e. The predicted octanol–water partition coefficient (Wildman–Crippen LogP) is 5.38. The van der Waals surface area contributed by atoms with Crippen LogP contribution in [0.25, 0.3) is 0 Å². The molecule has 2 unspecified atom stereocenters. The van der Waals surface area contributed by atoms with Crippen molar-refractivity contribution in [1.82, 2.24) is 4.90 Å². The van der Waals surface area contributed by atoms with Gasteiger partial charge in [-0.05, 0) is 76.3 Å². The molecule has 0 aromatic heterocycles. The van der Waals surface area contributed by atoms with Crippen molar-refractivity contribution in [2.45, 2.75) is 88.9 Å². The van der Waals surface area contributed by atoms with Crippen LogP contribution in [0.3, 0.4) is 0 Å². The molecule has 3 aliphatic heterocycles. The highest BCUT2D eigenvalue weighted by Gasteiger charge is 2.79. The van der Waals surface area contributed by atoms with E-state index in [2.05, 4.69) is 13.2 Å². The third-order valence-electron chi connectivity index (χ3n) is 9.31. The summed E-state index contributed by atoms with van der Waals surface area (Å²) in [7, 11) is 0. The van der Waals surface area contributed by atoms with E-state index in [1.54, 1.807) is 21.9 Å². The van der Waals surface area contributed by atoms with E-state index >= 15 is 0 Å². The number of amides is 2. The number of unbranched alkanes of at least 4 members (excludes halogenated alkanes) is 4. The first-order valence-corrected chi connectivity index (χ1v) is 15.7. The lowest BCUT2D eigenvalue weighted by Crippen LogP contribution is -2.56. The normalized spacial score (nSPS) is 27.7. The standard InChI is InChI=1S/C33H45ClN2O6/c1-5-8-9-13-22-41-31(40)26-25-29(38)36(20-11-10-12-21-37)28(33(25)18-17-32(26,7-3)42-33)30(39)35(19-6-2)27-23(4)15-14-16-24(27)34/h5-6,14-16,25-26,28,37H,1-2,7-13,17-22H2,3-4H3/t25-,26-,28?,32+,33?/m0/s1. The first kappa shape index (κ1) is 32.2. The van der Waals surface area contributed by atoms with Crippen LogP contribution in [0.1, 0.15) is 70.3 Å². The number of ether oxygens (including phenoxy) is 2. The summed E-state index contributed by atoms with van der Waals surface area (Å²) in [5.41, 5.74) is -0.610. The van der Waals surface area contributed by atoms with Crippen molar-refractivity contribution in [3.8, 4) is 0 Å². The summed E-state index contributed by atoms with van der Waals surface area (Å²) in [5.74, 6) is -2.55. The number of fused-ring (bicyclic) bond motifs is 1. The van der Waals surface area contributed by atoms with Gasteiger partial charge in [-0.1, -0.05) is 42.8 Å². The molecule has 1 spiro atoms. The molecular weight excluding hydrogens is 556 g/mol. The van der Waals surface area contributed by atoms with Gasteiger partial charge in [0.1, 0.15) is 17.6 Å². The van der Waals surface area contributed by atoms with E-state index < -0.39 is 35.0 Å². The van der Waals surface area contributed by atoms with Crippen LogP contribution >= 0.6 is 11.6 Å². The minimum Gasteiger partial charge on any atom is -0.465 e. The summed E-state index contributed by atoms with van der Waals surface area (Å²) in [6.45, 7) is 12.3. The number of halogens is 1. The second-order valence-corrected chi connectivity index (χ2v) is 12.2. The molecule has 42 heavy (non-hydrogen) atoms. The lowest BCUT2D eigenvalue weighted by Gasteiger charge is -2.37. The Morgan fingerprint density at radius 3 is 2.64 bits per heavy atom. The van der Waals surface area contributed by atoms with Crippen LogP contribution in [-0.4, -0.2) is 71.3 Å². The van der Waals surface area contributed by atoms with Crippen molar-refractivity contribution in [3.05, 3.63) is 54.1 Å². The van der Waals surface area contributed by atoms with Gasteiger partial charge in [0.05, 0.1) is 28.8 Å².